The van der Waals surface area contributed by atoms with Gasteiger partial charge in [0.15, 0.2) is 11.0 Å². The molecule has 0 unspecified atom stereocenters. The maximum Gasteiger partial charge on any atom is 0.239 e. The minimum Gasteiger partial charge on any atom is -0.300 e. The second kappa shape index (κ2) is 9.34. The van der Waals surface area contributed by atoms with Crippen LogP contribution in [0.2, 0.25) is 0 Å². The number of nitrogens with zero attached hydrogens (tertiary/aromatic N) is 5. The Labute approximate surface area is 170 Å². The standard InChI is InChI=1S/C20H27N5O2S/c1-4-16(23(2)3)19-21-22-20(25(19)13-15-9-6-5-7-10-15)28-14-18(27)24-12-8-11-17(24)26/h5-7,9-10,16H,4,8,11-14H2,1-3H3/t16-/m1/s1. The molecule has 0 aliphatic carbocycles. The summed E-state index contributed by atoms with van der Waals surface area (Å²) in [5.41, 5.74) is 1.15. The molecule has 28 heavy (non-hydrogen) atoms. The van der Waals surface area contributed by atoms with E-state index < -0.39 is 0 Å². The molecule has 0 saturated carbocycles. The molecule has 0 N–H and O–H groups in total. The van der Waals surface area contributed by atoms with E-state index in [0.29, 0.717) is 24.7 Å². The van der Waals surface area contributed by atoms with Gasteiger partial charge in [0.25, 0.3) is 0 Å². The highest BCUT2D eigenvalue weighted by Gasteiger charge is 2.27. The van der Waals surface area contributed by atoms with Crippen LogP contribution in [0.15, 0.2) is 35.5 Å². The number of rotatable bonds is 8. The Kier molecular flexibility index (Phi) is 6.85. The van der Waals surface area contributed by atoms with Crippen molar-refractivity contribution in [3.8, 4) is 0 Å². The van der Waals surface area contributed by atoms with E-state index >= 15 is 0 Å². The van der Waals surface area contributed by atoms with Crippen LogP contribution < -0.4 is 0 Å². The molecule has 0 spiro atoms. The predicted molar refractivity (Wildman–Crippen MR) is 109 cm³/mol. The van der Waals surface area contributed by atoms with E-state index in [9.17, 15) is 9.59 Å². The summed E-state index contributed by atoms with van der Waals surface area (Å²) < 4.78 is 2.09. The fraction of sp³-hybridized carbons (Fsp3) is 0.500. The number of thioether (sulfide) groups is 1. The van der Waals surface area contributed by atoms with Gasteiger partial charge in [-0.25, -0.2) is 0 Å². The van der Waals surface area contributed by atoms with Crippen LogP contribution in [0.3, 0.4) is 0 Å². The molecule has 7 nitrogen and oxygen atoms in total. The van der Waals surface area contributed by atoms with Crippen molar-refractivity contribution < 1.29 is 9.59 Å². The molecule has 1 aliphatic heterocycles. The zero-order chi connectivity index (χ0) is 20.1. The summed E-state index contributed by atoms with van der Waals surface area (Å²) in [5, 5.41) is 9.54. The molecule has 8 heteroatoms. The van der Waals surface area contributed by atoms with Crippen LogP contribution in [0.25, 0.3) is 0 Å². The van der Waals surface area contributed by atoms with Gasteiger partial charge in [-0.3, -0.25) is 19.4 Å². The molecule has 2 aromatic rings. The second-order valence-corrected chi connectivity index (χ2v) is 8.07. The van der Waals surface area contributed by atoms with Gasteiger partial charge in [0.2, 0.25) is 11.8 Å². The number of hydrogen-bond donors (Lipinski definition) is 0. The van der Waals surface area contributed by atoms with Crippen molar-refractivity contribution in [2.24, 2.45) is 0 Å². The Balaban J connectivity index is 1.82. The lowest BCUT2D eigenvalue weighted by Crippen LogP contribution is -2.33. The van der Waals surface area contributed by atoms with Crippen molar-refractivity contribution in [2.45, 2.75) is 43.9 Å². The number of amides is 2. The molecule has 2 amide bonds. The van der Waals surface area contributed by atoms with E-state index in [1.165, 1.54) is 16.7 Å². The van der Waals surface area contributed by atoms with Crippen molar-refractivity contribution in [1.29, 1.82) is 0 Å². The van der Waals surface area contributed by atoms with Gasteiger partial charge in [0.05, 0.1) is 18.3 Å². The highest BCUT2D eigenvalue weighted by molar-refractivity contribution is 7.99. The second-order valence-electron chi connectivity index (χ2n) is 7.13. The Bertz CT molecular complexity index is 821. The summed E-state index contributed by atoms with van der Waals surface area (Å²) in [6.45, 7) is 3.30. The van der Waals surface area contributed by atoms with Gasteiger partial charge in [-0.1, -0.05) is 49.0 Å². The molecule has 1 aliphatic rings. The van der Waals surface area contributed by atoms with Crippen LogP contribution in [0, 0.1) is 0 Å². The number of aromatic nitrogens is 3. The Morgan fingerprint density at radius 2 is 2.00 bits per heavy atom. The number of imide groups is 1. The average molecular weight is 402 g/mol. The topological polar surface area (TPSA) is 71.3 Å². The number of hydrogen-bond acceptors (Lipinski definition) is 6. The van der Waals surface area contributed by atoms with E-state index in [1.807, 2.05) is 32.3 Å². The van der Waals surface area contributed by atoms with Gasteiger partial charge in [-0.2, -0.15) is 0 Å². The molecule has 1 aromatic carbocycles. The summed E-state index contributed by atoms with van der Waals surface area (Å²) in [7, 11) is 4.07. The van der Waals surface area contributed by atoms with Crippen LogP contribution in [0.4, 0.5) is 0 Å². The van der Waals surface area contributed by atoms with Crippen LogP contribution >= 0.6 is 11.8 Å². The molecular formula is C20H27N5O2S. The normalized spacial score (nSPS) is 15.4. The van der Waals surface area contributed by atoms with Crippen molar-refractivity contribution >= 4 is 23.6 Å². The van der Waals surface area contributed by atoms with Gasteiger partial charge in [0, 0.05) is 13.0 Å². The first-order chi connectivity index (χ1) is 13.5. The fourth-order valence-corrected chi connectivity index (χ4v) is 4.28. The summed E-state index contributed by atoms with van der Waals surface area (Å²) in [6.07, 6.45) is 2.13. The molecule has 2 heterocycles. The average Bonchev–Trinajstić information content (AvgIpc) is 3.28. The molecule has 1 saturated heterocycles. The Morgan fingerprint density at radius 3 is 2.61 bits per heavy atom. The molecule has 0 radical (unpaired) electrons. The number of benzene rings is 1. The lowest BCUT2D eigenvalue weighted by molar-refractivity contribution is -0.140. The minimum atomic E-state index is -0.150. The largest absolute Gasteiger partial charge is 0.300 e. The predicted octanol–water partition coefficient (Wildman–Crippen LogP) is 2.58. The van der Waals surface area contributed by atoms with Gasteiger partial charge in [-0.15, -0.1) is 10.2 Å². The van der Waals surface area contributed by atoms with Crippen molar-refractivity contribution in [3.63, 3.8) is 0 Å². The summed E-state index contributed by atoms with van der Waals surface area (Å²) >= 11 is 1.35. The Hall–Kier alpha value is -2.19. The van der Waals surface area contributed by atoms with E-state index in [-0.39, 0.29) is 23.6 Å². The van der Waals surface area contributed by atoms with Gasteiger partial charge >= 0.3 is 0 Å². The fourth-order valence-electron chi connectivity index (χ4n) is 3.46. The van der Waals surface area contributed by atoms with Crippen LogP contribution in [-0.2, 0) is 16.1 Å². The van der Waals surface area contributed by atoms with Gasteiger partial charge < -0.3 is 4.57 Å². The van der Waals surface area contributed by atoms with E-state index in [4.69, 9.17) is 0 Å². The van der Waals surface area contributed by atoms with Crippen molar-refractivity contribution in [3.05, 3.63) is 41.7 Å². The summed E-state index contributed by atoms with van der Waals surface area (Å²) in [5.74, 6) is 0.861. The summed E-state index contributed by atoms with van der Waals surface area (Å²) in [4.78, 5) is 27.7. The third-order valence-corrected chi connectivity index (χ3v) is 5.89. The van der Waals surface area contributed by atoms with Gasteiger partial charge in [-0.05, 0) is 32.5 Å². The lowest BCUT2D eigenvalue weighted by Gasteiger charge is -2.23. The minimum absolute atomic E-state index is 0.0734. The monoisotopic (exact) mass is 401 g/mol. The van der Waals surface area contributed by atoms with E-state index in [0.717, 1.165) is 24.2 Å². The quantitative estimate of drug-likeness (QED) is 0.633. The summed E-state index contributed by atoms with van der Waals surface area (Å²) in [6, 6.07) is 10.3. The van der Waals surface area contributed by atoms with Crippen LogP contribution in [-0.4, -0.2) is 62.8 Å². The number of carbonyl (C=O) groups excluding carboxylic acids is 2. The highest BCUT2D eigenvalue weighted by atomic mass is 32.2. The third kappa shape index (κ3) is 4.62. The van der Waals surface area contributed by atoms with E-state index in [2.05, 4.69) is 38.7 Å². The molecule has 1 aromatic heterocycles. The first-order valence-electron chi connectivity index (χ1n) is 9.60. The highest BCUT2D eigenvalue weighted by Crippen LogP contribution is 2.26. The molecule has 1 atom stereocenters. The first-order valence-corrected chi connectivity index (χ1v) is 10.6. The molecule has 1 fully saturated rings. The number of carbonyl (C=O) groups is 2. The molecule has 3 rings (SSSR count). The maximum absolute atomic E-state index is 12.4. The molecule has 0 bridgehead atoms. The molecule has 150 valence electrons. The van der Waals surface area contributed by atoms with Crippen LogP contribution in [0.5, 0.6) is 0 Å². The first kappa shape index (κ1) is 20.5. The zero-order valence-electron chi connectivity index (χ0n) is 16.7. The smallest absolute Gasteiger partial charge is 0.239 e. The van der Waals surface area contributed by atoms with Crippen LogP contribution in [0.1, 0.15) is 43.6 Å². The Morgan fingerprint density at radius 1 is 1.25 bits per heavy atom. The third-order valence-electron chi connectivity index (χ3n) is 4.94. The number of likely N-dealkylation sites (tertiary alicyclic amines) is 1. The van der Waals surface area contributed by atoms with Gasteiger partial charge in [0.1, 0.15) is 0 Å². The van der Waals surface area contributed by atoms with E-state index in [1.54, 1.807) is 0 Å². The van der Waals surface area contributed by atoms with Crippen molar-refractivity contribution in [2.75, 3.05) is 26.4 Å². The maximum atomic E-state index is 12.4. The SMILES string of the molecule is CC[C@H](c1nnc(SCC(=O)N2CCCC2=O)n1Cc1ccccc1)N(C)C. The zero-order valence-corrected chi connectivity index (χ0v) is 17.5. The lowest BCUT2D eigenvalue weighted by atomic mass is 10.2. The van der Waals surface area contributed by atoms with Crippen molar-refractivity contribution in [1.82, 2.24) is 24.6 Å². The molecular weight excluding hydrogens is 374 g/mol.